The summed E-state index contributed by atoms with van der Waals surface area (Å²) in [6.07, 6.45) is 2.01. The second-order valence-electron chi connectivity index (χ2n) is 12.8. The van der Waals surface area contributed by atoms with Gasteiger partial charge >= 0.3 is 37.9 Å². The number of benzene rings is 2. The SMILES string of the molecule is CC(C)[Si]([N-]c1ccccc1CCc1ccccc1[N-][Si](C(C)C)(C(C)C)C(C)C)(C(C)C)C(C)C.[Cl][Zr+2][Cl]. The molecule has 0 aliphatic heterocycles. The van der Waals surface area contributed by atoms with E-state index in [9.17, 15) is 0 Å². The second kappa shape index (κ2) is 17.1. The summed E-state index contributed by atoms with van der Waals surface area (Å²) in [5.74, 6) is 0. The Morgan fingerprint density at radius 3 is 0.974 bits per heavy atom. The summed E-state index contributed by atoms with van der Waals surface area (Å²) in [5.41, 5.74) is 8.92. The normalized spacial score (nSPS) is 12.3. The molecule has 0 spiro atoms. The minimum absolute atomic E-state index is 0.617. The summed E-state index contributed by atoms with van der Waals surface area (Å²) in [7, 11) is 6.11. The quantitative estimate of drug-likeness (QED) is 0.188. The van der Waals surface area contributed by atoms with Crippen molar-refractivity contribution in [2.24, 2.45) is 0 Å². The molecule has 0 aromatic heterocycles. The molecule has 0 fully saturated rings. The van der Waals surface area contributed by atoms with E-state index in [-0.39, 0.29) is 0 Å². The molecule has 2 nitrogen and oxygen atoms in total. The standard InChI is InChI=1S/C32H54N2Si2.2ClH.Zr/c1-23(2)35(24(3)4,25(5)6)33-31-19-15-13-17-29(31)21-22-30-18-14-16-20-32(30)34-36(26(7)8,27(9)10)28(11)12;;;/h13-20,23-28H,21-22H2,1-12H3;2*1H;/q-2;;;+4/p-2. The molecule has 0 bridgehead atoms. The van der Waals surface area contributed by atoms with Crippen molar-refractivity contribution in [1.82, 2.24) is 0 Å². The molecule has 2 rings (SSSR count). The molecule has 0 radical (unpaired) electrons. The molecule has 0 aliphatic carbocycles. The number of nitrogens with zero attached hydrogens (tertiary/aromatic N) is 2. The van der Waals surface area contributed by atoms with E-state index in [4.69, 9.17) is 27.0 Å². The number of halogens is 2. The zero-order valence-corrected chi connectivity index (χ0v) is 32.6. The molecule has 39 heavy (non-hydrogen) atoms. The maximum atomic E-state index is 5.67. The first-order valence-corrected chi connectivity index (χ1v) is 25.5. The number of rotatable bonds is 13. The molecule has 2 aromatic rings. The van der Waals surface area contributed by atoms with Crippen LogP contribution in [0.5, 0.6) is 0 Å². The molecule has 0 atom stereocenters. The van der Waals surface area contributed by atoms with Crippen LogP contribution in [0.3, 0.4) is 0 Å². The summed E-state index contributed by atoms with van der Waals surface area (Å²) in [4.78, 5) is 11.3. The molecule has 0 aliphatic rings. The van der Waals surface area contributed by atoms with Gasteiger partial charge in [0.15, 0.2) is 0 Å². The Morgan fingerprint density at radius 1 is 0.513 bits per heavy atom. The van der Waals surface area contributed by atoms with Crippen molar-refractivity contribution in [3.05, 3.63) is 69.6 Å². The zero-order chi connectivity index (χ0) is 30.0. The van der Waals surface area contributed by atoms with E-state index in [0.29, 0.717) is 33.2 Å². The van der Waals surface area contributed by atoms with Crippen molar-refractivity contribution in [3.63, 3.8) is 0 Å². The van der Waals surface area contributed by atoms with Gasteiger partial charge in [0.2, 0.25) is 0 Å². The van der Waals surface area contributed by atoms with Crippen molar-refractivity contribution in [3.8, 4) is 0 Å². The Hall–Kier alpha value is -0.0631. The van der Waals surface area contributed by atoms with Gasteiger partial charge in [-0.2, -0.15) is 0 Å². The van der Waals surface area contributed by atoms with E-state index in [1.54, 1.807) is 0 Å². The average molecular weight is 685 g/mol. The van der Waals surface area contributed by atoms with Crippen LogP contribution in [-0.2, 0) is 33.7 Å². The first-order chi connectivity index (χ1) is 18.2. The van der Waals surface area contributed by atoms with Gasteiger partial charge in [0.05, 0.1) is 0 Å². The fourth-order valence-corrected chi connectivity index (χ4v) is 17.9. The van der Waals surface area contributed by atoms with Crippen LogP contribution in [0.25, 0.3) is 9.96 Å². The third-order valence-corrected chi connectivity index (χ3v) is 21.2. The van der Waals surface area contributed by atoms with E-state index < -0.39 is 37.3 Å². The van der Waals surface area contributed by atoms with Crippen molar-refractivity contribution in [1.29, 1.82) is 0 Å². The van der Waals surface area contributed by atoms with E-state index in [1.165, 1.54) is 22.5 Å². The molecule has 218 valence electrons. The Labute approximate surface area is 262 Å². The van der Waals surface area contributed by atoms with Gasteiger partial charge < -0.3 is 9.96 Å². The van der Waals surface area contributed by atoms with E-state index in [0.717, 1.165) is 12.8 Å². The molecular formula is C32H54Cl2N2Si2Zr. The third kappa shape index (κ3) is 9.21. The van der Waals surface area contributed by atoms with Gasteiger partial charge in [0.1, 0.15) is 0 Å². The Morgan fingerprint density at radius 2 is 0.744 bits per heavy atom. The second-order valence-corrected chi connectivity index (χ2v) is 27.4. The van der Waals surface area contributed by atoms with E-state index in [1.807, 2.05) is 0 Å². The van der Waals surface area contributed by atoms with Crippen LogP contribution in [0.4, 0.5) is 11.4 Å². The third-order valence-electron chi connectivity index (χ3n) is 8.82. The molecule has 0 N–H and O–H groups in total. The Bertz CT molecular complexity index is 859. The van der Waals surface area contributed by atoms with Crippen molar-refractivity contribution in [2.75, 3.05) is 0 Å². The molecule has 0 saturated carbocycles. The van der Waals surface area contributed by atoms with Gasteiger partial charge in [-0.1, -0.05) is 176 Å². The van der Waals surface area contributed by atoms with Crippen molar-refractivity contribution in [2.45, 2.75) is 129 Å². The van der Waals surface area contributed by atoms with Crippen molar-refractivity contribution < 1.29 is 20.8 Å². The van der Waals surface area contributed by atoms with Crippen molar-refractivity contribution >= 4 is 44.9 Å². The van der Waals surface area contributed by atoms with Gasteiger partial charge in [-0.3, -0.25) is 0 Å². The van der Waals surface area contributed by atoms with Crippen LogP contribution in [-0.4, -0.2) is 16.5 Å². The van der Waals surface area contributed by atoms with Crippen LogP contribution >= 0.6 is 17.0 Å². The molecule has 7 heteroatoms. The van der Waals surface area contributed by atoms with E-state index in [2.05, 4.69) is 132 Å². The predicted octanol–water partition coefficient (Wildman–Crippen LogP) is 13.2. The number of hydrogen-bond donors (Lipinski definition) is 0. The van der Waals surface area contributed by atoms with Crippen LogP contribution in [0, 0.1) is 0 Å². The Balaban J connectivity index is 0.00000242. The first-order valence-electron chi connectivity index (χ1n) is 14.8. The number of hydrogen-bond acceptors (Lipinski definition) is 0. The van der Waals surface area contributed by atoms with Gasteiger partial charge in [-0.15, -0.1) is 11.4 Å². The summed E-state index contributed by atoms with van der Waals surface area (Å²) >= 11 is -0.826. The first kappa shape index (κ1) is 37.0. The van der Waals surface area contributed by atoms with Gasteiger partial charge in [0.25, 0.3) is 0 Å². The summed E-state index contributed by atoms with van der Waals surface area (Å²) in [5, 5.41) is 0. The number of aryl methyl sites for hydroxylation is 2. The topological polar surface area (TPSA) is 28.2 Å². The van der Waals surface area contributed by atoms with Crippen LogP contribution in [0.2, 0.25) is 33.2 Å². The zero-order valence-electron chi connectivity index (χ0n) is 26.6. The fourth-order valence-electron chi connectivity index (χ4n) is 7.12. The molecule has 0 amide bonds. The molecule has 0 saturated heterocycles. The van der Waals surface area contributed by atoms with Gasteiger partial charge in [0, 0.05) is 0 Å². The summed E-state index contributed by atoms with van der Waals surface area (Å²) in [6, 6.07) is 17.8. The molecule has 0 unspecified atom stereocenters. The summed E-state index contributed by atoms with van der Waals surface area (Å²) in [6.45, 7) is 28.7. The molecule has 2 aromatic carbocycles. The van der Waals surface area contributed by atoms with E-state index >= 15 is 0 Å². The fraction of sp³-hybridized carbons (Fsp3) is 0.625. The average Bonchev–Trinajstić information content (AvgIpc) is 2.84. The predicted molar refractivity (Wildman–Crippen MR) is 180 cm³/mol. The van der Waals surface area contributed by atoms with Crippen LogP contribution in [0.1, 0.15) is 94.2 Å². The van der Waals surface area contributed by atoms with Gasteiger partial charge in [-0.05, 0) is 29.3 Å². The minimum atomic E-state index is -1.88. The summed E-state index contributed by atoms with van der Waals surface area (Å²) < 4.78 is 0. The molecular weight excluding hydrogens is 631 g/mol. The van der Waals surface area contributed by atoms with Crippen LogP contribution < -0.4 is 0 Å². The van der Waals surface area contributed by atoms with Gasteiger partial charge in [-0.25, -0.2) is 0 Å². The Kier molecular flexibility index (Phi) is 16.3. The van der Waals surface area contributed by atoms with Crippen LogP contribution in [0.15, 0.2) is 48.5 Å². The monoisotopic (exact) mass is 682 g/mol. The molecule has 0 heterocycles. The maximum absolute atomic E-state index is 5.67.